The number of nitrogens with zero attached hydrogens (tertiary/aromatic N) is 3. The first-order valence-corrected chi connectivity index (χ1v) is 10.2. The molecule has 0 N–H and O–H groups in total. The van der Waals surface area contributed by atoms with Crippen LogP contribution in [0.3, 0.4) is 0 Å². The summed E-state index contributed by atoms with van der Waals surface area (Å²) in [7, 11) is 0. The molecule has 1 saturated heterocycles. The highest BCUT2D eigenvalue weighted by Gasteiger charge is 2.41. The topological polar surface area (TPSA) is 26.8 Å². The lowest BCUT2D eigenvalue weighted by Gasteiger charge is -2.43. The largest absolute Gasteiger partial charge is 0.340 e. The summed E-state index contributed by atoms with van der Waals surface area (Å²) in [6.45, 7) is 3.68. The Hall–Kier alpha value is -2.02. The summed E-state index contributed by atoms with van der Waals surface area (Å²) in [4.78, 5) is 18.0. The molecule has 4 nitrogen and oxygen atoms in total. The van der Waals surface area contributed by atoms with Crippen molar-refractivity contribution < 1.29 is 13.6 Å². The Bertz CT molecular complexity index is 840. The van der Waals surface area contributed by atoms with Gasteiger partial charge in [0, 0.05) is 49.9 Å². The summed E-state index contributed by atoms with van der Waals surface area (Å²) in [6.07, 6.45) is -2.09. The lowest BCUT2D eigenvalue weighted by Crippen LogP contribution is -2.59. The van der Waals surface area contributed by atoms with E-state index in [-0.39, 0.29) is 6.42 Å². The zero-order valence-electron chi connectivity index (χ0n) is 16.1. The average molecular weight is 420 g/mol. The molecule has 0 amide bonds. The molecule has 0 bridgehead atoms. The van der Waals surface area contributed by atoms with E-state index in [1.807, 2.05) is 53.4 Å². The Morgan fingerprint density at radius 2 is 1.72 bits per heavy atom. The molecule has 154 valence electrons. The lowest BCUT2D eigenvalue weighted by atomic mass is 10.1. The first kappa shape index (κ1) is 20.3. The van der Waals surface area contributed by atoms with Crippen molar-refractivity contribution in [2.24, 2.45) is 0 Å². The summed E-state index contributed by atoms with van der Waals surface area (Å²) >= 11 is 5.95. The molecule has 0 saturated carbocycles. The SMILES string of the molecule is O=C[C@@H](N1CCN(Cc2ccc(Cl)cc2)CC1)N1c2ccccc2CC1C(F)F. The standard InChI is InChI=1S/C22H24ClF2N3O/c23-18-7-5-16(6-8-18)14-26-9-11-27(12-10-26)21(15-29)28-19-4-2-1-3-17(19)13-20(28)22(24)25/h1-8,15,20-22H,9-14H2/t20?,21-/m0/s1. The normalized spacial score (nSPS) is 21.4. The van der Waals surface area contributed by atoms with Crippen LogP contribution in [-0.4, -0.2) is 60.9 Å². The van der Waals surface area contributed by atoms with Crippen LogP contribution in [0.4, 0.5) is 14.5 Å². The molecule has 29 heavy (non-hydrogen) atoms. The molecule has 0 spiro atoms. The van der Waals surface area contributed by atoms with E-state index < -0.39 is 18.6 Å². The van der Waals surface area contributed by atoms with Gasteiger partial charge in [-0.15, -0.1) is 0 Å². The van der Waals surface area contributed by atoms with E-state index >= 15 is 0 Å². The predicted octanol–water partition coefficient (Wildman–Crippen LogP) is 3.68. The second kappa shape index (κ2) is 8.78. The lowest BCUT2D eigenvalue weighted by molar-refractivity contribution is -0.113. The van der Waals surface area contributed by atoms with Crippen molar-refractivity contribution in [3.63, 3.8) is 0 Å². The quantitative estimate of drug-likeness (QED) is 0.667. The summed E-state index contributed by atoms with van der Waals surface area (Å²) in [6, 6.07) is 14.2. The number of fused-ring (bicyclic) bond motifs is 1. The van der Waals surface area contributed by atoms with E-state index in [0.29, 0.717) is 18.1 Å². The number of halogens is 3. The summed E-state index contributed by atoms with van der Waals surface area (Å²) < 4.78 is 27.5. The van der Waals surface area contributed by atoms with Gasteiger partial charge < -0.3 is 4.90 Å². The molecule has 2 aliphatic heterocycles. The maximum absolute atomic E-state index is 13.8. The van der Waals surface area contributed by atoms with Crippen LogP contribution >= 0.6 is 11.6 Å². The van der Waals surface area contributed by atoms with Crippen molar-refractivity contribution >= 4 is 23.6 Å². The van der Waals surface area contributed by atoms with Gasteiger partial charge in [-0.25, -0.2) is 8.78 Å². The molecule has 4 rings (SSSR count). The van der Waals surface area contributed by atoms with Gasteiger partial charge in [0.15, 0.2) is 6.29 Å². The minimum atomic E-state index is -2.50. The fourth-order valence-corrected chi connectivity index (χ4v) is 4.47. The molecule has 2 atom stereocenters. The third kappa shape index (κ3) is 4.29. The number of rotatable bonds is 6. The summed E-state index contributed by atoms with van der Waals surface area (Å²) in [5, 5.41) is 0.715. The van der Waals surface area contributed by atoms with Crippen LogP contribution in [-0.2, 0) is 17.8 Å². The van der Waals surface area contributed by atoms with Crippen LogP contribution < -0.4 is 4.90 Å². The molecule has 2 heterocycles. The van der Waals surface area contributed by atoms with Crippen LogP contribution in [0.1, 0.15) is 11.1 Å². The van der Waals surface area contributed by atoms with E-state index in [9.17, 15) is 13.6 Å². The van der Waals surface area contributed by atoms with E-state index in [1.165, 1.54) is 5.56 Å². The van der Waals surface area contributed by atoms with Gasteiger partial charge in [0.05, 0.1) is 6.04 Å². The summed E-state index contributed by atoms with van der Waals surface area (Å²) in [5.41, 5.74) is 2.81. The maximum atomic E-state index is 13.8. The zero-order chi connectivity index (χ0) is 20.4. The maximum Gasteiger partial charge on any atom is 0.258 e. The van der Waals surface area contributed by atoms with Gasteiger partial charge in [0.25, 0.3) is 6.43 Å². The number of anilines is 1. The van der Waals surface area contributed by atoms with Crippen LogP contribution in [0.15, 0.2) is 48.5 Å². The highest BCUT2D eigenvalue weighted by Crippen LogP contribution is 2.36. The van der Waals surface area contributed by atoms with Crippen molar-refractivity contribution in [1.29, 1.82) is 0 Å². The van der Waals surface area contributed by atoms with Crippen molar-refractivity contribution in [1.82, 2.24) is 9.80 Å². The zero-order valence-corrected chi connectivity index (χ0v) is 16.8. The van der Waals surface area contributed by atoms with Crippen molar-refractivity contribution in [3.05, 3.63) is 64.7 Å². The average Bonchev–Trinajstić information content (AvgIpc) is 3.11. The molecule has 1 unspecified atom stereocenters. The van der Waals surface area contributed by atoms with E-state index in [1.54, 1.807) is 4.90 Å². The van der Waals surface area contributed by atoms with Gasteiger partial charge in [0.2, 0.25) is 0 Å². The third-order valence-electron chi connectivity index (χ3n) is 5.85. The highest BCUT2D eigenvalue weighted by molar-refractivity contribution is 6.30. The second-order valence-corrected chi connectivity index (χ2v) is 8.07. The smallest absolute Gasteiger partial charge is 0.258 e. The number of hydrogen-bond donors (Lipinski definition) is 0. The number of benzene rings is 2. The number of carbonyl (C=O) groups excluding carboxylic acids is 1. The molecule has 2 aromatic carbocycles. The van der Waals surface area contributed by atoms with E-state index in [0.717, 1.165) is 37.2 Å². The number of carbonyl (C=O) groups is 1. The molecule has 0 radical (unpaired) electrons. The number of aldehydes is 1. The van der Waals surface area contributed by atoms with Gasteiger partial charge in [-0.1, -0.05) is 41.9 Å². The molecular weight excluding hydrogens is 396 g/mol. The Morgan fingerprint density at radius 1 is 1.03 bits per heavy atom. The molecule has 2 aliphatic rings. The van der Waals surface area contributed by atoms with E-state index in [4.69, 9.17) is 11.6 Å². The van der Waals surface area contributed by atoms with Crippen molar-refractivity contribution in [2.45, 2.75) is 31.6 Å². The first-order chi connectivity index (χ1) is 14.1. The number of alkyl halides is 2. The Balaban J connectivity index is 1.45. The Kier molecular flexibility index (Phi) is 6.13. The van der Waals surface area contributed by atoms with E-state index in [2.05, 4.69) is 4.90 Å². The third-order valence-corrected chi connectivity index (χ3v) is 6.11. The van der Waals surface area contributed by atoms with Crippen molar-refractivity contribution in [2.75, 3.05) is 31.1 Å². The number of hydrogen-bond acceptors (Lipinski definition) is 4. The Morgan fingerprint density at radius 3 is 2.38 bits per heavy atom. The van der Waals surface area contributed by atoms with Gasteiger partial charge >= 0.3 is 0 Å². The van der Waals surface area contributed by atoms with Gasteiger partial charge in [-0.3, -0.25) is 14.6 Å². The predicted molar refractivity (Wildman–Crippen MR) is 111 cm³/mol. The van der Waals surface area contributed by atoms with Crippen LogP contribution in [0.25, 0.3) is 0 Å². The fourth-order valence-electron chi connectivity index (χ4n) is 4.35. The second-order valence-electron chi connectivity index (χ2n) is 7.63. The molecule has 0 aliphatic carbocycles. The van der Waals surface area contributed by atoms with Crippen LogP contribution in [0.5, 0.6) is 0 Å². The molecule has 0 aromatic heterocycles. The van der Waals surface area contributed by atoms with Crippen molar-refractivity contribution in [3.8, 4) is 0 Å². The fraction of sp³-hybridized carbons (Fsp3) is 0.409. The van der Waals surface area contributed by atoms with Gasteiger partial charge in [-0.2, -0.15) is 0 Å². The van der Waals surface area contributed by atoms with Crippen LogP contribution in [0, 0.1) is 0 Å². The first-order valence-electron chi connectivity index (χ1n) is 9.87. The highest BCUT2D eigenvalue weighted by atomic mass is 35.5. The minimum absolute atomic E-state index is 0.273. The minimum Gasteiger partial charge on any atom is -0.340 e. The molecule has 2 aromatic rings. The molecule has 1 fully saturated rings. The molecule has 7 heteroatoms. The molecular formula is C22H24ClF2N3O. The Labute approximate surface area is 174 Å². The van der Waals surface area contributed by atoms with Gasteiger partial charge in [0.1, 0.15) is 6.17 Å². The van der Waals surface area contributed by atoms with Gasteiger partial charge in [-0.05, 0) is 29.3 Å². The number of para-hydroxylation sites is 1. The number of piperazine rings is 1. The van der Waals surface area contributed by atoms with Crippen LogP contribution in [0.2, 0.25) is 5.02 Å². The summed E-state index contributed by atoms with van der Waals surface area (Å²) in [5.74, 6) is 0. The monoisotopic (exact) mass is 419 g/mol.